The second-order valence-electron chi connectivity index (χ2n) is 4.13. The molecule has 0 saturated heterocycles. The lowest BCUT2D eigenvalue weighted by Crippen LogP contribution is -2.23. The van der Waals surface area contributed by atoms with E-state index < -0.39 is 11.6 Å². The van der Waals surface area contributed by atoms with Gasteiger partial charge in [0.1, 0.15) is 23.0 Å². The molecule has 0 aliphatic heterocycles. The maximum atomic E-state index is 13.7. The van der Waals surface area contributed by atoms with Gasteiger partial charge in [0.05, 0.1) is 0 Å². The molecule has 100 valence electrons. The van der Waals surface area contributed by atoms with Crippen molar-refractivity contribution in [3.63, 3.8) is 0 Å². The fourth-order valence-corrected chi connectivity index (χ4v) is 1.76. The lowest BCUT2D eigenvalue weighted by atomic mass is 10.2. The molecule has 0 saturated carbocycles. The minimum Gasteiger partial charge on any atom is -0.314 e. The summed E-state index contributed by atoms with van der Waals surface area (Å²) in [5, 5.41) is 6.87. The molecule has 2 aromatic rings. The third-order valence-electron chi connectivity index (χ3n) is 2.66. The number of halogens is 2. The Morgan fingerprint density at radius 3 is 2.74 bits per heavy atom. The number of hydrogen-bond donors (Lipinski definition) is 1. The molecule has 1 heterocycles. The van der Waals surface area contributed by atoms with Crippen LogP contribution in [-0.4, -0.2) is 16.8 Å². The molecule has 0 aliphatic carbocycles. The third kappa shape index (κ3) is 2.68. The van der Waals surface area contributed by atoms with Crippen LogP contribution in [0.1, 0.15) is 11.4 Å². The Morgan fingerprint density at radius 1 is 1.32 bits per heavy atom. The minimum absolute atomic E-state index is 0.0187. The van der Waals surface area contributed by atoms with Crippen LogP contribution in [0.15, 0.2) is 29.1 Å². The summed E-state index contributed by atoms with van der Waals surface area (Å²) in [6.07, 6.45) is 0. The number of nitrogens with zero attached hydrogens (tertiary/aromatic N) is 2. The molecule has 0 unspecified atom stereocenters. The second kappa shape index (κ2) is 5.27. The standard InChI is InChI=1S/C13H13F2N3O/c1-8-5-13(19)11(7-16-2)17-18(8)12-6-9(14)3-4-10(12)15/h3-6,16H,7H2,1-2H3. The highest BCUT2D eigenvalue weighted by molar-refractivity contribution is 5.34. The lowest BCUT2D eigenvalue weighted by molar-refractivity contribution is 0.579. The van der Waals surface area contributed by atoms with Crippen molar-refractivity contribution in [3.05, 3.63) is 57.5 Å². The van der Waals surface area contributed by atoms with Crippen LogP contribution < -0.4 is 10.7 Å². The van der Waals surface area contributed by atoms with Crippen LogP contribution in [0.25, 0.3) is 5.69 Å². The zero-order valence-electron chi connectivity index (χ0n) is 10.6. The Kier molecular flexibility index (Phi) is 3.71. The van der Waals surface area contributed by atoms with Gasteiger partial charge in [0.15, 0.2) is 0 Å². The summed E-state index contributed by atoms with van der Waals surface area (Å²) in [5.74, 6) is -1.16. The van der Waals surface area contributed by atoms with Crippen LogP contribution in [0.4, 0.5) is 8.78 Å². The number of aryl methyl sites for hydroxylation is 1. The van der Waals surface area contributed by atoms with Crippen molar-refractivity contribution in [2.45, 2.75) is 13.5 Å². The van der Waals surface area contributed by atoms with E-state index in [1.807, 2.05) is 0 Å². The normalized spacial score (nSPS) is 10.7. The number of rotatable bonds is 3. The zero-order chi connectivity index (χ0) is 14.0. The van der Waals surface area contributed by atoms with E-state index in [1.54, 1.807) is 14.0 Å². The molecular formula is C13H13F2N3O. The van der Waals surface area contributed by atoms with E-state index in [-0.39, 0.29) is 23.4 Å². The molecule has 0 aliphatic rings. The van der Waals surface area contributed by atoms with E-state index in [1.165, 1.54) is 10.7 Å². The number of nitrogens with one attached hydrogen (secondary N) is 1. The van der Waals surface area contributed by atoms with Gasteiger partial charge in [-0.25, -0.2) is 13.5 Å². The van der Waals surface area contributed by atoms with Gasteiger partial charge < -0.3 is 5.32 Å². The first-order chi connectivity index (χ1) is 9.02. The molecule has 2 rings (SSSR count). The Balaban J connectivity index is 2.64. The van der Waals surface area contributed by atoms with Gasteiger partial charge in [-0.2, -0.15) is 5.10 Å². The zero-order valence-corrected chi connectivity index (χ0v) is 10.6. The van der Waals surface area contributed by atoms with E-state index in [9.17, 15) is 13.6 Å². The highest BCUT2D eigenvalue weighted by Gasteiger charge is 2.11. The van der Waals surface area contributed by atoms with Crippen LogP contribution in [0.5, 0.6) is 0 Å². The molecule has 4 nitrogen and oxygen atoms in total. The third-order valence-corrected chi connectivity index (χ3v) is 2.66. The maximum absolute atomic E-state index is 13.7. The molecule has 19 heavy (non-hydrogen) atoms. The lowest BCUT2D eigenvalue weighted by Gasteiger charge is -2.12. The molecular weight excluding hydrogens is 252 g/mol. The van der Waals surface area contributed by atoms with Crippen molar-refractivity contribution in [2.24, 2.45) is 0 Å². The van der Waals surface area contributed by atoms with Crippen molar-refractivity contribution in [1.29, 1.82) is 0 Å². The summed E-state index contributed by atoms with van der Waals surface area (Å²) in [6, 6.07) is 4.46. The number of hydrogen-bond acceptors (Lipinski definition) is 3. The van der Waals surface area contributed by atoms with Crippen LogP contribution in [0, 0.1) is 18.6 Å². The van der Waals surface area contributed by atoms with Gasteiger partial charge in [0.2, 0.25) is 5.43 Å². The Bertz CT molecular complexity index is 667. The molecule has 0 bridgehead atoms. The Labute approximate surface area is 108 Å². The van der Waals surface area contributed by atoms with E-state index in [0.717, 1.165) is 18.2 Å². The molecule has 1 N–H and O–H groups in total. The second-order valence-corrected chi connectivity index (χ2v) is 4.13. The fraction of sp³-hybridized carbons (Fsp3) is 0.231. The summed E-state index contributed by atoms with van der Waals surface area (Å²) in [7, 11) is 1.67. The van der Waals surface area contributed by atoms with Crippen LogP contribution in [-0.2, 0) is 6.54 Å². The highest BCUT2D eigenvalue weighted by Crippen LogP contribution is 2.15. The highest BCUT2D eigenvalue weighted by atomic mass is 19.1. The Hall–Kier alpha value is -2.08. The topological polar surface area (TPSA) is 46.9 Å². The average molecular weight is 265 g/mol. The molecule has 0 radical (unpaired) electrons. The van der Waals surface area contributed by atoms with Gasteiger partial charge in [0.25, 0.3) is 0 Å². The molecule has 6 heteroatoms. The first kappa shape index (κ1) is 13.4. The molecule has 0 fully saturated rings. The predicted molar refractivity (Wildman–Crippen MR) is 67.3 cm³/mol. The molecule has 1 aromatic heterocycles. The summed E-state index contributed by atoms with van der Waals surface area (Å²) in [4.78, 5) is 11.7. The van der Waals surface area contributed by atoms with Crippen LogP contribution >= 0.6 is 0 Å². The van der Waals surface area contributed by atoms with Gasteiger partial charge in [-0.1, -0.05) is 0 Å². The first-order valence-corrected chi connectivity index (χ1v) is 5.73. The SMILES string of the molecule is CNCc1nn(-c2cc(F)ccc2F)c(C)cc1=O. The van der Waals surface area contributed by atoms with Crippen molar-refractivity contribution >= 4 is 0 Å². The molecule has 0 spiro atoms. The summed E-state index contributed by atoms with van der Waals surface area (Å²) in [5.41, 5.74) is 0.431. The van der Waals surface area contributed by atoms with E-state index >= 15 is 0 Å². The van der Waals surface area contributed by atoms with Gasteiger partial charge in [0, 0.05) is 24.4 Å². The maximum Gasteiger partial charge on any atom is 0.204 e. The van der Waals surface area contributed by atoms with Gasteiger partial charge in [-0.3, -0.25) is 4.79 Å². The Morgan fingerprint density at radius 2 is 2.05 bits per heavy atom. The summed E-state index contributed by atoms with van der Waals surface area (Å²) in [6.45, 7) is 1.87. The molecule has 0 amide bonds. The van der Waals surface area contributed by atoms with Crippen LogP contribution in [0.2, 0.25) is 0 Å². The van der Waals surface area contributed by atoms with Gasteiger partial charge >= 0.3 is 0 Å². The molecule has 0 atom stereocenters. The largest absolute Gasteiger partial charge is 0.314 e. The quantitative estimate of drug-likeness (QED) is 0.915. The van der Waals surface area contributed by atoms with E-state index in [2.05, 4.69) is 10.4 Å². The predicted octanol–water partition coefficient (Wildman–Crippen LogP) is 1.54. The summed E-state index contributed by atoms with van der Waals surface area (Å²) < 4.78 is 28.2. The van der Waals surface area contributed by atoms with Crippen molar-refractivity contribution in [3.8, 4) is 5.69 Å². The van der Waals surface area contributed by atoms with Gasteiger partial charge in [-0.15, -0.1) is 0 Å². The first-order valence-electron chi connectivity index (χ1n) is 5.73. The summed E-state index contributed by atoms with van der Waals surface area (Å²) >= 11 is 0. The molecule has 1 aromatic carbocycles. The smallest absolute Gasteiger partial charge is 0.204 e. The van der Waals surface area contributed by atoms with Gasteiger partial charge in [-0.05, 0) is 26.1 Å². The number of aromatic nitrogens is 2. The van der Waals surface area contributed by atoms with Crippen molar-refractivity contribution in [2.75, 3.05) is 7.05 Å². The van der Waals surface area contributed by atoms with E-state index in [0.29, 0.717) is 5.69 Å². The van der Waals surface area contributed by atoms with Crippen LogP contribution in [0.3, 0.4) is 0 Å². The average Bonchev–Trinajstić information content (AvgIpc) is 2.36. The van der Waals surface area contributed by atoms with Crippen molar-refractivity contribution < 1.29 is 8.78 Å². The number of benzene rings is 1. The monoisotopic (exact) mass is 265 g/mol. The fourth-order valence-electron chi connectivity index (χ4n) is 1.76. The minimum atomic E-state index is -0.601. The van der Waals surface area contributed by atoms with E-state index in [4.69, 9.17) is 0 Å². The van der Waals surface area contributed by atoms with Crippen molar-refractivity contribution in [1.82, 2.24) is 15.1 Å².